The Labute approximate surface area is 99.8 Å². The maximum absolute atomic E-state index is 13.5. The summed E-state index contributed by atoms with van der Waals surface area (Å²) in [4.78, 5) is 12.2. The Morgan fingerprint density at radius 1 is 1.41 bits per heavy atom. The zero-order chi connectivity index (χ0) is 12.5. The van der Waals surface area contributed by atoms with Gasteiger partial charge in [-0.15, -0.1) is 0 Å². The van der Waals surface area contributed by atoms with Gasteiger partial charge in [-0.05, 0) is 31.0 Å². The fourth-order valence-corrected chi connectivity index (χ4v) is 2.33. The zero-order valence-electron chi connectivity index (χ0n) is 9.83. The van der Waals surface area contributed by atoms with Crippen LogP contribution in [0.3, 0.4) is 0 Å². The smallest absolute Gasteiger partial charge is 0.182 e. The molecule has 0 amide bonds. The number of carbonyl (C=O) groups excluding carboxylic acids is 1. The average molecular weight is 237 g/mol. The molecule has 0 atom stereocenters. The van der Waals surface area contributed by atoms with E-state index < -0.39 is 11.4 Å². The molecular weight excluding hydrogens is 221 g/mol. The predicted octanol–water partition coefficient (Wildman–Crippen LogP) is 2.29. The van der Waals surface area contributed by atoms with Crippen molar-refractivity contribution >= 4 is 5.78 Å². The molecule has 2 N–H and O–H groups in total. The van der Waals surface area contributed by atoms with Crippen molar-refractivity contribution in [1.29, 1.82) is 0 Å². The molecule has 0 heterocycles. The van der Waals surface area contributed by atoms with Crippen LogP contribution in [0.1, 0.15) is 36.0 Å². The fraction of sp³-hybridized carbons (Fsp3) is 0.462. The van der Waals surface area contributed by atoms with Crippen molar-refractivity contribution in [3.8, 4) is 5.75 Å². The van der Waals surface area contributed by atoms with Crippen molar-refractivity contribution in [2.24, 2.45) is 5.73 Å². The summed E-state index contributed by atoms with van der Waals surface area (Å²) in [5, 5.41) is 0. The molecule has 1 saturated carbocycles. The lowest BCUT2D eigenvalue weighted by Gasteiger charge is -2.21. The second kappa shape index (κ2) is 4.45. The second-order valence-electron chi connectivity index (χ2n) is 4.54. The van der Waals surface area contributed by atoms with E-state index in [4.69, 9.17) is 10.5 Å². The standard InChI is InChI=1S/C13H16FNO2/c1-17-11-5-4-9(8-10(11)14)12(16)13(15)6-2-3-7-13/h4-5,8H,2-3,6-7,15H2,1H3. The molecule has 0 unspecified atom stereocenters. The number of ether oxygens (including phenoxy) is 1. The van der Waals surface area contributed by atoms with Crippen LogP contribution in [-0.4, -0.2) is 18.4 Å². The molecule has 1 fully saturated rings. The number of nitrogens with two attached hydrogens (primary N) is 1. The lowest BCUT2D eigenvalue weighted by molar-refractivity contribution is 0.0891. The minimum absolute atomic E-state index is 0.138. The van der Waals surface area contributed by atoms with Crippen LogP contribution in [0.2, 0.25) is 0 Å². The molecule has 0 spiro atoms. The molecule has 1 aliphatic rings. The van der Waals surface area contributed by atoms with Crippen molar-refractivity contribution in [3.05, 3.63) is 29.6 Å². The highest BCUT2D eigenvalue weighted by molar-refractivity contribution is 6.03. The van der Waals surface area contributed by atoms with Gasteiger partial charge in [0.25, 0.3) is 0 Å². The molecule has 0 aromatic heterocycles. The van der Waals surface area contributed by atoms with Gasteiger partial charge in [0.2, 0.25) is 0 Å². The molecule has 1 aromatic carbocycles. The van der Waals surface area contributed by atoms with Crippen molar-refractivity contribution in [1.82, 2.24) is 0 Å². The quantitative estimate of drug-likeness (QED) is 0.820. The van der Waals surface area contributed by atoms with Gasteiger partial charge in [-0.1, -0.05) is 12.8 Å². The van der Waals surface area contributed by atoms with Gasteiger partial charge in [-0.25, -0.2) is 4.39 Å². The van der Waals surface area contributed by atoms with Crippen LogP contribution in [0.5, 0.6) is 5.75 Å². The van der Waals surface area contributed by atoms with E-state index in [1.807, 2.05) is 0 Å². The van der Waals surface area contributed by atoms with Crippen LogP contribution >= 0.6 is 0 Å². The number of Topliss-reactive ketones (excluding diaryl/α,β-unsaturated/α-hetero) is 1. The molecule has 17 heavy (non-hydrogen) atoms. The third-order valence-corrected chi connectivity index (χ3v) is 3.36. The molecule has 1 aromatic rings. The highest BCUT2D eigenvalue weighted by Crippen LogP contribution is 2.31. The van der Waals surface area contributed by atoms with Crippen LogP contribution < -0.4 is 10.5 Å². The Kier molecular flexibility index (Phi) is 3.15. The number of benzene rings is 1. The maximum Gasteiger partial charge on any atom is 0.182 e. The molecule has 92 valence electrons. The normalized spacial score (nSPS) is 18.1. The van der Waals surface area contributed by atoms with Crippen LogP contribution in [0.15, 0.2) is 18.2 Å². The number of hydrogen-bond acceptors (Lipinski definition) is 3. The Bertz CT molecular complexity index is 439. The van der Waals surface area contributed by atoms with Crippen molar-refractivity contribution in [2.45, 2.75) is 31.2 Å². The number of rotatable bonds is 3. The molecule has 0 radical (unpaired) electrons. The summed E-state index contributed by atoms with van der Waals surface area (Å²) in [6.07, 6.45) is 3.28. The molecule has 4 heteroatoms. The highest BCUT2D eigenvalue weighted by Gasteiger charge is 2.37. The Morgan fingerprint density at radius 3 is 2.59 bits per heavy atom. The number of halogens is 1. The summed E-state index contributed by atoms with van der Waals surface area (Å²) in [7, 11) is 1.39. The number of methoxy groups -OCH3 is 1. The lowest BCUT2D eigenvalue weighted by Crippen LogP contribution is -2.45. The SMILES string of the molecule is COc1ccc(C(=O)C2(N)CCCC2)cc1F. The molecule has 0 saturated heterocycles. The molecule has 3 nitrogen and oxygen atoms in total. The molecule has 1 aliphatic carbocycles. The summed E-state index contributed by atoms with van der Waals surface area (Å²) in [6, 6.07) is 4.23. The number of hydrogen-bond donors (Lipinski definition) is 1. The largest absolute Gasteiger partial charge is 0.494 e. The van der Waals surface area contributed by atoms with Gasteiger partial charge >= 0.3 is 0 Å². The minimum Gasteiger partial charge on any atom is -0.494 e. The first kappa shape index (κ1) is 12.0. The number of ketones is 1. The van der Waals surface area contributed by atoms with Crippen molar-refractivity contribution < 1.29 is 13.9 Å². The van der Waals surface area contributed by atoms with Gasteiger partial charge in [-0.2, -0.15) is 0 Å². The third-order valence-electron chi connectivity index (χ3n) is 3.36. The van der Waals surface area contributed by atoms with E-state index in [1.54, 1.807) is 6.07 Å². The third kappa shape index (κ3) is 2.17. The van der Waals surface area contributed by atoms with E-state index in [2.05, 4.69) is 0 Å². The first-order valence-electron chi connectivity index (χ1n) is 5.74. The predicted molar refractivity (Wildman–Crippen MR) is 62.7 cm³/mol. The van der Waals surface area contributed by atoms with Crippen molar-refractivity contribution in [3.63, 3.8) is 0 Å². The summed E-state index contributed by atoms with van der Waals surface area (Å²) < 4.78 is 18.3. The van der Waals surface area contributed by atoms with Crippen molar-refractivity contribution in [2.75, 3.05) is 7.11 Å². The van der Waals surface area contributed by atoms with Gasteiger partial charge in [0.15, 0.2) is 17.3 Å². The second-order valence-corrected chi connectivity index (χ2v) is 4.54. The molecule has 0 bridgehead atoms. The van der Waals surface area contributed by atoms with E-state index in [-0.39, 0.29) is 11.5 Å². The van der Waals surface area contributed by atoms with Gasteiger partial charge in [0.05, 0.1) is 12.6 Å². The zero-order valence-corrected chi connectivity index (χ0v) is 9.83. The Morgan fingerprint density at radius 2 is 2.06 bits per heavy atom. The Balaban J connectivity index is 2.28. The fourth-order valence-electron chi connectivity index (χ4n) is 2.33. The van der Waals surface area contributed by atoms with Gasteiger partial charge < -0.3 is 10.5 Å². The first-order valence-corrected chi connectivity index (χ1v) is 5.74. The van der Waals surface area contributed by atoms with Gasteiger partial charge in [-0.3, -0.25) is 4.79 Å². The maximum atomic E-state index is 13.5. The summed E-state index contributed by atoms with van der Waals surface area (Å²) in [6.45, 7) is 0. The molecule has 2 rings (SSSR count). The molecular formula is C13H16FNO2. The van der Waals surface area contributed by atoms with Gasteiger partial charge in [0.1, 0.15) is 0 Å². The topological polar surface area (TPSA) is 52.3 Å². The van der Waals surface area contributed by atoms with E-state index in [1.165, 1.54) is 19.2 Å². The van der Waals surface area contributed by atoms with E-state index in [9.17, 15) is 9.18 Å². The van der Waals surface area contributed by atoms with E-state index >= 15 is 0 Å². The van der Waals surface area contributed by atoms with Crippen LogP contribution in [-0.2, 0) is 0 Å². The minimum atomic E-state index is -0.805. The van der Waals surface area contributed by atoms with Gasteiger partial charge in [0, 0.05) is 5.56 Å². The summed E-state index contributed by atoms with van der Waals surface area (Å²) >= 11 is 0. The van der Waals surface area contributed by atoms with Crippen LogP contribution in [0, 0.1) is 5.82 Å². The lowest BCUT2D eigenvalue weighted by atomic mass is 9.89. The monoisotopic (exact) mass is 237 g/mol. The first-order chi connectivity index (χ1) is 8.07. The van der Waals surface area contributed by atoms with E-state index in [0.29, 0.717) is 18.4 Å². The molecule has 0 aliphatic heterocycles. The summed E-state index contributed by atoms with van der Waals surface area (Å²) in [5.74, 6) is -0.560. The Hall–Kier alpha value is -1.42. The number of carbonyl (C=O) groups is 1. The highest BCUT2D eigenvalue weighted by atomic mass is 19.1. The van der Waals surface area contributed by atoms with Crippen LogP contribution in [0.25, 0.3) is 0 Å². The van der Waals surface area contributed by atoms with E-state index in [0.717, 1.165) is 12.8 Å². The summed E-state index contributed by atoms with van der Waals surface area (Å²) in [5.41, 5.74) is 5.57. The van der Waals surface area contributed by atoms with Crippen LogP contribution in [0.4, 0.5) is 4.39 Å². The average Bonchev–Trinajstić information content (AvgIpc) is 2.76.